The van der Waals surface area contributed by atoms with E-state index in [0.717, 1.165) is 24.8 Å². The monoisotopic (exact) mass is 282 g/mol. The van der Waals surface area contributed by atoms with E-state index in [2.05, 4.69) is 4.72 Å². The van der Waals surface area contributed by atoms with E-state index in [1.54, 1.807) is 17.0 Å². The smallest absolute Gasteiger partial charge is 0.324 e. The van der Waals surface area contributed by atoms with Gasteiger partial charge in [-0.15, -0.1) is 0 Å². The Morgan fingerprint density at radius 2 is 1.68 bits per heavy atom. The summed E-state index contributed by atoms with van der Waals surface area (Å²) in [5.74, 6) is 0. The van der Waals surface area contributed by atoms with Crippen molar-refractivity contribution >= 4 is 16.1 Å². The molecular formula is C13H18N2O3S. The topological polar surface area (TPSA) is 66.5 Å². The Hall–Kier alpha value is -1.56. The minimum atomic E-state index is -3.77. The van der Waals surface area contributed by atoms with E-state index in [1.807, 2.05) is 6.92 Å². The summed E-state index contributed by atoms with van der Waals surface area (Å²) in [6, 6.07) is 5.89. The highest BCUT2D eigenvalue weighted by atomic mass is 32.2. The summed E-state index contributed by atoms with van der Waals surface area (Å²) in [4.78, 5) is 13.6. The fourth-order valence-corrected chi connectivity index (χ4v) is 3.02. The van der Waals surface area contributed by atoms with Crippen molar-refractivity contribution in [2.24, 2.45) is 0 Å². The number of hydrogen-bond donors (Lipinski definition) is 1. The summed E-state index contributed by atoms with van der Waals surface area (Å²) in [5, 5.41) is 0. The molecule has 1 aliphatic rings. The molecule has 1 heterocycles. The largest absolute Gasteiger partial charge is 0.331 e. The highest BCUT2D eigenvalue weighted by Gasteiger charge is 2.22. The van der Waals surface area contributed by atoms with Crippen LogP contribution in [0.15, 0.2) is 29.2 Å². The van der Waals surface area contributed by atoms with E-state index in [9.17, 15) is 13.2 Å². The lowest BCUT2D eigenvalue weighted by Crippen LogP contribution is -2.45. The second-order valence-corrected chi connectivity index (χ2v) is 6.45. The van der Waals surface area contributed by atoms with E-state index in [0.29, 0.717) is 13.1 Å². The fourth-order valence-electron chi connectivity index (χ4n) is 2.05. The van der Waals surface area contributed by atoms with Crippen molar-refractivity contribution in [1.29, 1.82) is 0 Å². The van der Waals surface area contributed by atoms with Crippen LogP contribution in [0.3, 0.4) is 0 Å². The van der Waals surface area contributed by atoms with Gasteiger partial charge in [0, 0.05) is 13.1 Å². The second-order valence-electron chi connectivity index (χ2n) is 4.77. The van der Waals surface area contributed by atoms with Gasteiger partial charge in [0.25, 0.3) is 10.0 Å². The Labute approximate surface area is 113 Å². The molecule has 0 aliphatic carbocycles. The zero-order valence-electron chi connectivity index (χ0n) is 10.9. The number of piperidine rings is 1. The van der Waals surface area contributed by atoms with Crippen molar-refractivity contribution in [3.63, 3.8) is 0 Å². The summed E-state index contributed by atoms with van der Waals surface area (Å²) < 4.78 is 26.2. The average molecular weight is 282 g/mol. The van der Waals surface area contributed by atoms with Crippen molar-refractivity contribution in [3.05, 3.63) is 29.8 Å². The molecule has 1 aromatic rings. The number of carbonyl (C=O) groups is 1. The van der Waals surface area contributed by atoms with Gasteiger partial charge >= 0.3 is 6.03 Å². The van der Waals surface area contributed by atoms with Gasteiger partial charge in [-0.2, -0.15) is 0 Å². The Balaban J connectivity index is 2.08. The molecule has 0 unspecified atom stereocenters. The Kier molecular flexibility index (Phi) is 4.09. The normalized spacial score (nSPS) is 16.2. The molecule has 1 aliphatic heterocycles. The molecule has 0 bridgehead atoms. The number of amides is 2. The zero-order chi connectivity index (χ0) is 13.9. The van der Waals surface area contributed by atoms with Crippen LogP contribution in [0.25, 0.3) is 0 Å². The van der Waals surface area contributed by atoms with Gasteiger partial charge in [-0.05, 0) is 38.3 Å². The molecule has 2 amide bonds. The van der Waals surface area contributed by atoms with Gasteiger partial charge in [0.05, 0.1) is 4.90 Å². The van der Waals surface area contributed by atoms with Gasteiger partial charge in [-0.25, -0.2) is 17.9 Å². The van der Waals surface area contributed by atoms with Crippen LogP contribution in [-0.2, 0) is 10.0 Å². The fraction of sp³-hybridized carbons (Fsp3) is 0.462. The summed E-state index contributed by atoms with van der Waals surface area (Å²) in [7, 11) is -3.77. The quantitative estimate of drug-likeness (QED) is 0.900. The third kappa shape index (κ3) is 3.47. The Morgan fingerprint density at radius 1 is 1.11 bits per heavy atom. The lowest BCUT2D eigenvalue weighted by molar-refractivity contribution is 0.192. The van der Waals surface area contributed by atoms with Gasteiger partial charge in [0.2, 0.25) is 0 Å². The van der Waals surface area contributed by atoms with Crippen LogP contribution in [0.1, 0.15) is 24.8 Å². The molecule has 1 fully saturated rings. The predicted molar refractivity (Wildman–Crippen MR) is 72.3 cm³/mol. The molecule has 1 N–H and O–H groups in total. The molecule has 0 saturated carbocycles. The standard InChI is InChI=1S/C13H18N2O3S/c1-11-5-7-12(8-6-11)19(17,18)14-13(16)15-9-3-2-4-10-15/h5-8H,2-4,9-10H2,1H3,(H,14,16). The maximum Gasteiger partial charge on any atom is 0.331 e. The number of nitrogens with zero attached hydrogens (tertiary/aromatic N) is 1. The van der Waals surface area contributed by atoms with Crippen LogP contribution in [0, 0.1) is 6.92 Å². The molecule has 1 saturated heterocycles. The van der Waals surface area contributed by atoms with E-state index < -0.39 is 16.1 Å². The SMILES string of the molecule is Cc1ccc(S(=O)(=O)NC(=O)N2CCCCC2)cc1. The Morgan fingerprint density at radius 3 is 2.26 bits per heavy atom. The summed E-state index contributed by atoms with van der Waals surface area (Å²) in [6.07, 6.45) is 2.95. The highest BCUT2D eigenvalue weighted by Crippen LogP contribution is 2.12. The molecule has 2 rings (SSSR count). The Bertz CT molecular complexity index is 546. The lowest BCUT2D eigenvalue weighted by Gasteiger charge is -2.26. The van der Waals surface area contributed by atoms with Crippen LogP contribution in [0.2, 0.25) is 0 Å². The minimum absolute atomic E-state index is 0.114. The van der Waals surface area contributed by atoms with Crippen molar-refractivity contribution in [2.75, 3.05) is 13.1 Å². The van der Waals surface area contributed by atoms with Gasteiger partial charge in [-0.3, -0.25) is 0 Å². The van der Waals surface area contributed by atoms with E-state index in [1.165, 1.54) is 12.1 Å². The third-order valence-electron chi connectivity index (χ3n) is 3.20. The molecule has 104 valence electrons. The van der Waals surface area contributed by atoms with Gasteiger partial charge in [0.15, 0.2) is 0 Å². The van der Waals surface area contributed by atoms with E-state index in [4.69, 9.17) is 0 Å². The number of carbonyl (C=O) groups excluding carboxylic acids is 1. The molecule has 0 aromatic heterocycles. The first-order valence-electron chi connectivity index (χ1n) is 6.37. The molecule has 6 heteroatoms. The molecule has 1 aromatic carbocycles. The van der Waals surface area contributed by atoms with Crippen molar-refractivity contribution in [1.82, 2.24) is 9.62 Å². The second kappa shape index (κ2) is 5.61. The number of nitrogens with one attached hydrogen (secondary N) is 1. The highest BCUT2D eigenvalue weighted by molar-refractivity contribution is 7.90. The first kappa shape index (κ1) is 13.9. The van der Waals surface area contributed by atoms with Crippen LogP contribution in [0.5, 0.6) is 0 Å². The van der Waals surface area contributed by atoms with Crippen molar-refractivity contribution < 1.29 is 13.2 Å². The van der Waals surface area contributed by atoms with Crippen LogP contribution in [0.4, 0.5) is 4.79 Å². The number of hydrogen-bond acceptors (Lipinski definition) is 3. The molecule has 0 spiro atoms. The predicted octanol–water partition coefficient (Wildman–Crippen LogP) is 1.88. The molecule has 0 atom stereocenters. The number of benzene rings is 1. The molecule has 0 radical (unpaired) electrons. The summed E-state index contributed by atoms with van der Waals surface area (Å²) in [6.45, 7) is 3.12. The van der Waals surface area contributed by atoms with E-state index >= 15 is 0 Å². The van der Waals surface area contributed by atoms with Crippen molar-refractivity contribution in [2.45, 2.75) is 31.1 Å². The van der Waals surface area contributed by atoms with Crippen LogP contribution in [-0.4, -0.2) is 32.4 Å². The number of urea groups is 1. The number of aryl methyl sites for hydroxylation is 1. The molecule has 5 nitrogen and oxygen atoms in total. The average Bonchev–Trinajstić information content (AvgIpc) is 2.40. The van der Waals surface area contributed by atoms with Crippen LogP contribution < -0.4 is 4.72 Å². The number of rotatable bonds is 2. The van der Waals surface area contributed by atoms with Gasteiger partial charge in [-0.1, -0.05) is 17.7 Å². The first-order valence-corrected chi connectivity index (χ1v) is 7.86. The molecule has 19 heavy (non-hydrogen) atoms. The number of sulfonamides is 1. The lowest BCUT2D eigenvalue weighted by atomic mass is 10.1. The molecular weight excluding hydrogens is 264 g/mol. The summed E-state index contributed by atoms with van der Waals surface area (Å²) >= 11 is 0. The maximum absolute atomic E-state index is 12.0. The van der Waals surface area contributed by atoms with Crippen LogP contribution >= 0.6 is 0 Å². The van der Waals surface area contributed by atoms with E-state index in [-0.39, 0.29) is 4.90 Å². The number of likely N-dealkylation sites (tertiary alicyclic amines) is 1. The first-order chi connectivity index (χ1) is 8.99. The van der Waals surface area contributed by atoms with Crippen molar-refractivity contribution in [3.8, 4) is 0 Å². The van der Waals surface area contributed by atoms with Gasteiger partial charge < -0.3 is 4.90 Å². The van der Waals surface area contributed by atoms with Gasteiger partial charge in [0.1, 0.15) is 0 Å². The third-order valence-corrected chi connectivity index (χ3v) is 4.53. The summed E-state index contributed by atoms with van der Waals surface area (Å²) in [5.41, 5.74) is 0.973. The maximum atomic E-state index is 12.0. The minimum Gasteiger partial charge on any atom is -0.324 e. The zero-order valence-corrected chi connectivity index (χ0v) is 11.7.